The van der Waals surface area contributed by atoms with Gasteiger partial charge in [0, 0.05) is 37.9 Å². The first-order valence-corrected chi connectivity index (χ1v) is 17.3. The zero-order valence-corrected chi connectivity index (χ0v) is 25.3. The standard InChI is InChI=1S/C27H34F3N3O5S3/c1-20(21-8-5-4-6-9-21)33(40(3,35)36)19-24-18-31(41(37,38)25-10-7-17-39-25)15-16-32(24)23-13-11-22(12-14-23)26(2,34)27(28,29)30/h4-9,11-14,17,20,24-25,34H,10,15-16,18-19H2,1-3H3/t20-,24+,25?,26+/m0/s1. The van der Waals surface area contributed by atoms with Gasteiger partial charge in [-0.3, -0.25) is 0 Å². The second kappa shape index (κ2) is 11.9. The summed E-state index contributed by atoms with van der Waals surface area (Å²) in [5.41, 5.74) is -2.14. The molecule has 0 radical (unpaired) electrons. The highest BCUT2D eigenvalue weighted by molar-refractivity contribution is 8.14. The molecule has 0 spiro atoms. The maximum atomic E-state index is 13.4. The molecule has 41 heavy (non-hydrogen) atoms. The lowest BCUT2D eigenvalue weighted by Gasteiger charge is -2.45. The van der Waals surface area contributed by atoms with Gasteiger partial charge in [-0.1, -0.05) is 48.5 Å². The van der Waals surface area contributed by atoms with Gasteiger partial charge >= 0.3 is 6.18 Å². The molecule has 1 fully saturated rings. The fraction of sp³-hybridized carbons (Fsp3) is 0.481. The Balaban J connectivity index is 1.69. The Bertz CT molecular complexity index is 1440. The zero-order chi connectivity index (χ0) is 30.2. The number of hydrogen-bond donors (Lipinski definition) is 1. The molecule has 1 unspecified atom stereocenters. The molecule has 0 bridgehead atoms. The van der Waals surface area contributed by atoms with E-state index < -0.39 is 48.5 Å². The summed E-state index contributed by atoms with van der Waals surface area (Å²) in [6, 6.07) is 13.1. The average Bonchev–Trinajstić information content (AvgIpc) is 3.47. The van der Waals surface area contributed by atoms with E-state index in [9.17, 15) is 35.1 Å². The number of thioether (sulfide) groups is 1. The summed E-state index contributed by atoms with van der Waals surface area (Å²) in [6.07, 6.45) is -1.61. The minimum atomic E-state index is -4.88. The molecule has 0 aliphatic carbocycles. The number of hydrogen-bond acceptors (Lipinski definition) is 7. The quantitative estimate of drug-likeness (QED) is 0.441. The maximum Gasteiger partial charge on any atom is 0.421 e. The molecule has 2 aromatic rings. The van der Waals surface area contributed by atoms with Crippen LogP contribution in [0.15, 0.2) is 66.1 Å². The number of allylic oxidation sites excluding steroid dienone is 1. The van der Waals surface area contributed by atoms with Gasteiger partial charge in [0.05, 0.1) is 12.3 Å². The largest absolute Gasteiger partial charge is 0.421 e. The minimum absolute atomic E-state index is 0.00502. The van der Waals surface area contributed by atoms with Crippen LogP contribution in [0.5, 0.6) is 0 Å². The van der Waals surface area contributed by atoms with Gasteiger partial charge in [0.1, 0.15) is 4.58 Å². The number of aliphatic hydroxyl groups is 1. The molecule has 2 aliphatic heterocycles. The van der Waals surface area contributed by atoms with Crippen molar-refractivity contribution in [2.45, 2.75) is 48.7 Å². The summed E-state index contributed by atoms with van der Waals surface area (Å²) in [6.45, 7) is 2.70. The third-order valence-electron chi connectivity index (χ3n) is 7.64. The number of alkyl halides is 3. The molecule has 2 heterocycles. The highest BCUT2D eigenvalue weighted by atomic mass is 32.3. The van der Waals surface area contributed by atoms with Crippen molar-refractivity contribution in [1.82, 2.24) is 8.61 Å². The van der Waals surface area contributed by atoms with E-state index in [0.717, 1.165) is 11.8 Å². The lowest BCUT2D eigenvalue weighted by molar-refractivity contribution is -0.258. The number of nitrogens with zero attached hydrogens (tertiary/aromatic N) is 3. The topological polar surface area (TPSA) is 98.2 Å². The first-order chi connectivity index (χ1) is 19.0. The first kappa shape index (κ1) is 31.8. The Labute approximate surface area is 243 Å². The van der Waals surface area contributed by atoms with E-state index in [1.54, 1.807) is 30.5 Å². The van der Waals surface area contributed by atoms with E-state index in [0.29, 0.717) is 19.0 Å². The number of benzene rings is 2. The lowest BCUT2D eigenvalue weighted by atomic mass is 9.95. The summed E-state index contributed by atoms with van der Waals surface area (Å²) in [5, 5.41) is 11.8. The smallest absolute Gasteiger partial charge is 0.376 e. The summed E-state index contributed by atoms with van der Waals surface area (Å²) in [4.78, 5) is 1.83. The summed E-state index contributed by atoms with van der Waals surface area (Å²) < 4.78 is 95.2. The van der Waals surface area contributed by atoms with E-state index in [1.165, 1.54) is 44.6 Å². The van der Waals surface area contributed by atoms with Crippen molar-refractivity contribution < 1.29 is 35.1 Å². The molecule has 2 aliphatic rings. The molecule has 4 rings (SSSR count). The van der Waals surface area contributed by atoms with Gasteiger partial charge in [-0.25, -0.2) is 16.8 Å². The van der Waals surface area contributed by atoms with Crippen LogP contribution in [-0.2, 0) is 25.6 Å². The average molecular weight is 634 g/mol. The van der Waals surface area contributed by atoms with Crippen molar-refractivity contribution in [1.29, 1.82) is 0 Å². The Hall–Kier alpha value is -2.10. The van der Waals surface area contributed by atoms with E-state index in [4.69, 9.17) is 0 Å². The minimum Gasteiger partial charge on any atom is -0.376 e. The Morgan fingerprint density at radius 3 is 2.22 bits per heavy atom. The number of sulfonamides is 2. The van der Waals surface area contributed by atoms with Crippen molar-refractivity contribution in [2.24, 2.45) is 0 Å². The third-order valence-corrected chi connectivity index (χ3v) is 12.8. The molecule has 8 nitrogen and oxygen atoms in total. The van der Waals surface area contributed by atoms with E-state index in [1.807, 2.05) is 23.1 Å². The first-order valence-electron chi connectivity index (χ1n) is 13.0. The van der Waals surface area contributed by atoms with Crippen molar-refractivity contribution in [3.05, 3.63) is 77.2 Å². The van der Waals surface area contributed by atoms with Crippen LogP contribution in [0.1, 0.15) is 37.4 Å². The molecule has 0 saturated carbocycles. The number of anilines is 1. The van der Waals surface area contributed by atoms with Crippen LogP contribution in [0.4, 0.5) is 18.9 Å². The van der Waals surface area contributed by atoms with Gasteiger partial charge in [-0.2, -0.15) is 21.8 Å². The molecule has 14 heteroatoms. The monoisotopic (exact) mass is 633 g/mol. The Morgan fingerprint density at radius 1 is 1.05 bits per heavy atom. The highest BCUT2D eigenvalue weighted by Crippen LogP contribution is 2.39. The van der Waals surface area contributed by atoms with E-state index >= 15 is 0 Å². The molecule has 1 saturated heterocycles. The zero-order valence-electron chi connectivity index (χ0n) is 22.9. The molecular weight excluding hydrogens is 600 g/mol. The number of piperazine rings is 1. The predicted molar refractivity (Wildman–Crippen MR) is 155 cm³/mol. The molecule has 2 aromatic carbocycles. The van der Waals surface area contributed by atoms with Crippen LogP contribution in [0.3, 0.4) is 0 Å². The second-order valence-electron chi connectivity index (χ2n) is 10.5. The Morgan fingerprint density at radius 2 is 1.68 bits per heavy atom. The van der Waals surface area contributed by atoms with Gasteiger partial charge in [-0.15, -0.1) is 11.8 Å². The van der Waals surface area contributed by atoms with Crippen molar-refractivity contribution in [2.75, 3.05) is 37.3 Å². The normalized spacial score (nSPS) is 23.1. The van der Waals surface area contributed by atoms with Crippen LogP contribution in [-0.4, -0.2) is 79.8 Å². The van der Waals surface area contributed by atoms with Gasteiger partial charge in [-0.05, 0) is 48.9 Å². The SMILES string of the molecule is C[C@@H](c1ccccc1)N(C[C@H]1CN(S(=O)(=O)C2CC=CS2)CCN1c1ccc([C@@](C)(O)C(F)(F)F)cc1)S(C)(=O)=O. The van der Waals surface area contributed by atoms with Crippen LogP contribution < -0.4 is 4.90 Å². The van der Waals surface area contributed by atoms with Crippen molar-refractivity contribution >= 4 is 37.5 Å². The summed E-state index contributed by atoms with van der Waals surface area (Å²) >= 11 is 1.22. The van der Waals surface area contributed by atoms with Crippen LogP contribution in [0.25, 0.3) is 0 Å². The molecular formula is C27H34F3N3O5S3. The van der Waals surface area contributed by atoms with Crippen LogP contribution >= 0.6 is 11.8 Å². The molecule has 0 amide bonds. The summed E-state index contributed by atoms with van der Waals surface area (Å²) in [5.74, 6) is 0. The van der Waals surface area contributed by atoms with E-state index in [-0.39, 0.29) is 31.7 Å². The summed E-state index contributed by atoms with van der Waals surface area (Å²) in [7, 11) is -7.47. The van der Waals surface area contributed by atoms with Gasteiger partial charge in [0.15, 0.2) is 5.60 Å². The second-order valence-corrected chi connectivity index (χ2v) is 15.9. The highest BCUT2D eigenvalue weighted by Gasteiger charge is 2.51. The molecule has 1 N–H and O–H groups in total. The predicted octanol–water partition coefficient (Wildman–Crippen LogP) is 4.28. The van der Waals surface area contributed by atoms with Gasteiger partial charge < -0.3 is 10.0 Å². The molecule has 4 atom stereocenters. The fourth-order valence-corrected chi connectivity index (χ4v) is 9.39. The lowest BCUT2D eigenvalue weighted by Crippen LogP contribution is -2.59. The Kier molecular flexibility index (Phi) is 9.22. The number of halogens is 3. The molecule has 226 valence electrons. The van der Waals surface area contributed by atoms with Crippen molar-refractivity contribution in [3.8, 4) is 0 Å². The van der Waals surface area contributed by atoms with Crippen molar-refractivity contribution in [3.63, 3.8) is 0 Å². The van der Waals surface area contributed by atoms with Gasteiger partial charge in [0.2, 0.25) is 20.0 Å². The maximum absolute atomic E-state index is 13.4. The fourth-order valence-electron chi connectivity index (χ4n) is 5.10. The van der Waals surface area contributed by atoms with Gasteiger partial charge in [0.25, 0.3) is 0 Å². The number of rotatable bonds is 9. The van der Waals surface area contributed by atoms with Crippen LogP contribution in [0, 0.1) is 0 Å². The van der Waals surface area contributed by atoms with E-state index in [2.05, 4.69) is 0 Å². The molecule has 0 aromatic heterocycles. The third kappa shape index (κ3) is 6.78. The van der Waals surface area contributed by atoms with Crippen LogP contribution in [0.2, 0.25) is 0 Å².